The molecule has 1 aromatic carbocycles. The van der Waals surface area contributed by atoms with Crippen LogP contribution < -0.4 is 5.73 Å². The molecule has 2 aliphatic heterocycles. The number of fused-ring (bicyclic) bond motifs is 2. The van der Waals surface area contributed by atoms with Crippen LogP contribution in [0.4, 0.5) is 13.2 Å². The van der Waals surface area contributed by atoms with Crippen molar-refractivity contribution in [3.63, 3.8) is 0 Å². The third-order valence-electron chi connectivity index (χ3n) is 8.43. The van der Waals surface area contributed by atoms with Crippen LogP contribution in [-0.2, 0) is 4.79 Å². The topological polar surface area (TPSA) is 86.9 Å². The summed E-state index contributed by atoms with van der Waals surface area (Å²) in [6, 6.07) is 8.36. The number of benzene rings is 1. The number of nitrogens with zero attached hydrogens (tertiary/aromatic N) is 2. The summed E-state index contributed by atoms with van der Waals surface area (Å²) in [4.78, 5) is 28.1. The Labute approximate surface area is 204 Å². The van der Waals surface area contributed by atoms with Gasteiger partial charge < -0.3 is 15.7 Å². The maximum absolute atomic E-state index is 13.0. The van der Waals surface area contributed by atoms with Gasteiger partial charge in [0.05, 0.1) is 5.92 Å². The average Bonchev–Trinajstić information content (AvgIpc) is 3.07. The van der Waals surface area contributed by atoms with E-state index in [4.69, 9.17) is 5.73 Å². The van der Waals surface area contributed by atoms with E-state index in [9.17, 15) is 27.9 Å². The van der Waals surface area contributed by atoms with E-state index in [0.29, 0.717) is 56.0 Å². The summed E-state index contributed by atoms with van der Waals surface area (Å²) < 4.78 is 39.0. The summed E-state index contributed by atoms with van der Waals surface area (Å²) in [5.74, 6) is -1.60. The number of aliphatic hydroxyl groups excluding tert-OH is 1. The van der Waals surface area contributed by atoms with Crippen molar-refractivity contribution in [3.05, 3.63) is 35.4 Å². The summed E-state index contributed by atoms with van der Waals surface area (Å²) in [6.45, 7) is 1.01. The first kappa shape index (κ1) is 25.9. The molecule has 4 rings (SSSR count). The van der Waals surface area contributed by atoms with Crippen LogP contribution in [0, 0.1) is 11.8 Å². The van der Waals surface area contributed by atoms with Gasteiger partial charge in [0, 0.05) is 37.3 Å². The molecule has 3 fully saturated rings. The molecule has 0 spiro atoms. The van der Waals surface area contributed by atoms with Gasteiger partial charge in [0.15, 0.2) is 0 Å². The lowest BCUT2D eigenvalue weighted by Crippen LogP contribution is -2.48. The second-order valence-electron chi connectivity index (χ2n) is 10.5. The van der Waals surface area contributed by atoms with Gasteiger partial charge in [-0.1, -0.05) is 12.1 Å². The Bertz CT molecular complexity index is 887. The van der Waals surface area contributed by atoms with Crippen LogP contribution in [0.3, 0.4) is 0 Å². The molecule has 2 amide bonds. The van der Waals surface area contributed by atoms with Gasteiger partial charge in [-0.15, -0.1) is 0 Å². The van der Waals surface area contributed by atoms with Crippen molar-refractivity contribution < 1.29 is 27.9 Å². The van der Waals surface area contributed by atoms with Gasteiger partial charge in [0.2, 0.25) is 11.8 Å². The van der Waals surface area contributed by atoms with Gasteiger partial charge in [-0.2, -0.15) is 13.2 Å². The molecule has 3 atom stereocenters. The highest BCUT2D eigenvalue weighted by Gasteiger charge is 2.43. The van der Waals surface area contributed by atoms with Crippen molar-refractivity contribution in [1.82, 2.24) is 9.80 Å². The van der Waals surface area contributed by atoms with Gasteiger partial charge in [0.1, 0.15) is 6.61 Å². The Morgan fingerprint density at radius 1 is 1.06 bits per heavy atom. The zero-order chi connectivity index (χ0) is 25.2. The molecule has 1 aromatic rings. The molecule has 2 bridgehead atoms. The van der Waals surface area contributed by atoms with Crippen LogP contribution >= 0.6 is 0 Å². The average molecular weight is 496 g/mol. The standard InChI is InChI=1S/C26H36F3N3O3/c27-26(28,29)21-6-4-17(5-7-21)15-31(24(34)16-33)10-11-32-22-8-9-23(32)14-20(13-22)18-2-1-3-19(12-18)25(30)35/h1-3,12,17,20-23,33H,4-11,13-16H2,(H2,30,35)/t17?,20-,21?,22+,23-. The normalized spacial score (nSPS) is 29.2. The fourth-order valence-corrected chi connectivity index (χ4v) is 6.50. The molecular formula is C26H36F3N3O3. The zero-order valence-electron chi connectivity index (χ0n) is 20.1. The van der Waals surface area contributed by atoms with E-state index in [-0.39, 0.29) is 24.7 Å². The van der Waals surface area contributed by atoms with E-state index < -0.39 is 24.6 Å². The van der Waals surface area contributed by atoms with E-state index in [1.54, 1.807) is 11.0 Å². The molecule has 3 N–H and O–H groups in total. The molecule has 194 valence electrons. The van der Waals surface area contributed by atoms with Crippen molar-refractivity contribution in [1.29, 1.82) is 0 Å². The quantitative estimate of drug-likeness (QED) is 0.576. The smallest absolute Gasteiger partial charge is 0.387 e. The Balaban J connectivity index is 1.33. The second kappa shape index (κ2) is 10.9. The van der Waals surface area contributed by atoms with Crippen LogP contribution in [-0.4, -0.2) is 71.2 Å². The molecular weight excluding hydrogens is 459 g/mol. The van der Waals surface area contributed by atoms with Crippen LogP contribution in [0.1, 0.15) is 73.2 Å². The number of rotatable bonds is 8. The summed E-state index contributed by atoms with van der Waals surface area (Å²) in [6.07, 6.45) is 1.15. The highest BCUT2D eigenvalue weighted by atomic mass is 19.4. The summed E-state index contributed by atoms with van der Waals surface area (Å²) in [7, 11) is 0. The molecule has 3 aliphatic rings. The van der Waals surface area contributed by atoms with E-state index in [1.807, 2.05) is 12.1 Å². The lowest BCUT2D eigenvalue weighted by molar-refractivity contribution is -0.184. The Morgan fingerprint density at radius 3 is 2.29 bits per heavy atom. The van der Waals surface area contributed by atoms with Crippen molar-refractivity contribution in [2.75, 3.05) is 26.2 Å². The number of hydrogen-bond donors (Lipinski definition) is 2. The number of aliphatic hydroxyl groups is 1. The SMILES string of the molecule is NC(=O)c1cccc([C@H]2C[C@H]3CC[C@@H](C2)N3CCN(CC2CCC(C(F)(F)F)CC2)C(=O)CO)c1. The van der Waals surface area contributed by atoms with Crippen molar-refractivity contribution in [2.45, 2.75) is 75.5 Å². The van der Waals surface area contributed by atoms with E-state index in [0.717, 1.165) is 31.2 Å². The maximum atomic E-state index is 13.0. The van der Waals surface area contributed by atoms with Crippen molar-refractivity contribution in [3.8, 4) is 0 Å². The molecule has 0 unspecified atom stereocenters. The van der Waals surface area contributed by atoms with Crippen LogP contribution in [0.15, 0.2) is 24.3 Å². The van der Waals surface area contributed by atoms with E-state index >= 15 is 0 Å². The molecule has 1 aliphatic carbocycles. The third-order valence-corrected chi connectivity index (χ3v) is 8.43. The number of amides is 2. The number of primary amides is 1. The lowest BCUT2D eigenvalue weighted by atomic mass is 9.81. The van der Waals surface area contributed by atoms with Gasteiger partial charge in [-0.3, -0.25) is 14.5 Å². The number of piperidine rings is 1. The largest absolute Gasteiger partial charge is 0.391 e. The number of carbonyl (C=O) groups excluding carboxylic acids is 2. The molecule has 0 radical (unpaired) electrons. The Hall–Kier alpha value is -2.13. The molecule has 1 saturated carbocycles. The summed E-state index contributed by atoms with van der Waals surface area (Å²) in [5.41, 5.74) is 7.12. The molecule has 35 heavy (non-hydrogen) atoms. The maximum Gasteiger partial charge on any atom is 0.391 e. The van der Waals surface area contributed by atoms with Crippen LogP contribution in [0.2, 0.25) is 0 Å². The number of carbonyl (C=O) groups is 2. The monoisotopic (exact) mass is 495 g/mol. The molecule has 2 heterocycles. The molecule has 2 saturated heterocycles. The van der Waals surface area contributed by atoms with Gasteiger partial charge >= 0.3 is 6.18 Å². The first-order valence-electron chi connectivity index (χ1n) is 12.8. The fraction of sp³-hybridized carbons (Fsp3) is 0.692. The predicted molar refractivity (Wildman–Crippen MR) is 126 cm³/mol. The zero-order valence-corrected chi connectivity index (χ0v) is 20.1. The van der Waals surface area contributed by atoms with Crippen molar-refractivity contribution >= 4 is 11.8 Å². The highest BCUT2D eigenvalue weighted by Crippen LogP contribution is 2.43. The Morgan fingerprint density at radius 2 is 1.71 bits per heavy atom. The fourth-order valence-electron chi connectivity index (χ4n) is 6.50. The van der Waals surface area contributed by atoms with E-state index in [1.165, 1.54) is 0 Å². The molecule has 6 nitrogen and oxygen atoms in total. The van der Waals surface area contributed by atoms with Crippen molar-refractivity contribution in [2.24, 2.45) is 17.6 Å². The molecule has 0 aromatic heterocycles. The first-order valence-corrected chi connectivity index (χ1v) is 12.8. The van der Waals surface area contributed by atoms with E-state index in [2.05, 4.69) is 11.0 Å². The second-order valence-corrected chi connectivity index (χ2v) is 10.5. The summed E-state index contributed by atoms with van der Waals surface area (Å²) in [5, 5.41) is 9.47. The van der Waals surface area contributed by atoms with Crippen LogP contribution in [0.5, 0.6) is 0 Å². The Kier molecular flexibility index (Phi) is 8.06. The third kappa shape index (κ3) is 6.17. The minimum absolute atomic E-state index is 0.0455. The number of alkyl halides is 3. The number of halogens is 3. The van der Waals surface area contributed by atoms with Gasteiger partial charge in [0.25, 0.3) is 0 Å². The van der Waals surface area contributed by atoms with Crippen LogP contribution in [0.25, 0.3) is 0 Å². The minimum atomic E-state index is -4.14. The lowest BCUT2D eigenvalue weighted by Gasteiger charge is -2.40. The highest BCUT2D eigenvalue weighted by molar-refractivity contribution is 5.92. The predicted octanol–water partition coefficient (Wildman–Crippen LogP) is 3.69. The molecule has 9 heteroatoms. The number of hydrogen-bond acceptors (Lipinski definition) is 4. The number of nitrogens with two attached hydrogens (primary N) is 1. The van der Waals surface area contributed by atoms with Gasteiger partial charge in [-0.25, -0.2) is 0 Å². The van der Waals surface area contributed by atoms with Gasteiger partial charge in [-0.05, 0) is 80.9 Å². The summed E-state index contributed by atoms with van der Waals surface area (Å²) >= 11 is 0. The first-order chi connectivity index (χ1) is 16.7. The minimum Gasteiger partial charge on any atom is -0.387 e.